The third-order valence-corrected chi connectivity index (χ3v) is 5.07. The molecule has 0 saturated carbocycles. The maximum atomic E-state index is 6.27. The van der Waals surface area contributed by atoms with Crippen LogP contribution >= 0.6 is 11.3 Å². The average Bonchev–Trinajstić information content (AvgIpc) is 2.86. The van der Waals surface area contributed by atoms with Crippen LogP contribution in [0.25, 0.3) is 25.7 Å². The minimum Gasteiger partial charge on any atom is -0.398 e. The number of allylic oxidation sites excluding steroid dienone is 4. The van der Waals surface area contributed by atoms with Gasteiger partial charge in [-0.25, -0.2) is 0 Å². The number of fused-ring (bicyclic) bond motifs is 3. The van der Waals surface area contributed by atoms with Gasteiger partial charge in [-0.2, -0.15) is 0 Å². The quantitative estimate of drug-likeness (QED) is 0.594. The van der Waals surface area contributed by atoms with Crippen LogP contribution in [0, 0.1) is 0 Å². The summed E-state index contributed by atoms with van der Waals surface area (Å²) >= 11 is 1.84. The predicted octanol–water partition coefficient (Wildman–Crippen LogP) is 5.37. The van der Waals surface area contributed by atoms with Crippen molar-refractivity contribution in [3.63, 3.8) is 0 Å². The molecule has 20 heavy (non-hydrogen) atoms. The van der Waals surface area contributed by atoms with Crippen LogP contribution in [0.1, 0.15) is 18.4 Å². The number of rotatable bonds is 1. The number of nitrogens with two attached hydrogens (primary N) is 1. The van der Waals surface area contributed by atoms with Gasteiger partial charge < -0.3 is 5.73 Å². The first-order valence-electron chi connectivity index (χ1n) is 6.91. The van der Waals surface area contributed by atoms with Gasteiger partial charge in [0.15, 0.2) is 0 Å². The van der Waals surface area contributed by atoms with Gasteiger partial charge in [0.1, 0.15) is 0 Å². The molecule has 1 aliphatic rings. The first-order chi connectivity index (χ1) is 9.84. The van der Waals surface area contributed by atoms with Crippen molar-refractivity contribution in [1.82, 2.24) is 0 Å². The second-order valence-electron chi connectivity index (χ2n) is 5.14. The van der Waals surface area contributed by atoms with Gasteiger partial charge in [-0.3, -0.25) is 0 Å². The summed E-state index contributed by atoms with van der Waals surface area (Å²) < 4.78 is 2.64. The third kappa shape index (κ3) is 1.69. The van der Waals surface area contributed by atoms with E-state index < -0.39 is 0 Å². The zero-order valence-electron chi connectivity index (χ0n) is 11.1. The minimum absolute atomic E-state index is 0.877. The molecular weight excluding hydrogens is 262 g/mol. The molecule has 0 bridgehead atoms. The largest absolute Gasteiger partial charge is 0.398 e. The molecule has 0 saturated heterocycles. The topological polar surface area (TPSA) is 26.0 Å². The average molecular weight is 277 g/mol. The molecule has 0 fully saturated rings. The van der Waals surface area contributed by atoms with Crippen molar-refractivity contribution >= 4 is 42.8 Å². The molecule has 2 aromatic carbocycles. The zero-order valence-corrected chi connectivity index (χ0v) is 11.9. The summed E-state index contributed by atoms with van der Waals surface area (Å²) in [7, 11) is 0. The summed E-state index contributed by atoms with van der Waals surface area (Å²) in [6, 6.07) is 12.8. The second-order valence-corrected chi connectivity index (χ2v) is 6.20. The fourth-order valence-corrected chi connectivity index (χ4v) is 4.18. The van der Waals surface area contributed by atoms with Crippen LogP contribution in [0.15, 0.2) is 54.6 Å². The van der Waals surface area contributed by atoms with Gasteiger partial charge in [0, 0.05) is 31.4 Å². The zero-order chi connectivity index (χ0) is 13.5. The van der Waals surface area contributed by atoms with Gasteiger partial charge in [-0.05, 0) is 30.5 Å². The summed E-state index contributed by atoms with van der Waals surface area (Å²) in [5.41, 5.74) is 9.63. The van der Waals surface area contributed by atoms with Crippen molar-refractivity contribution < 1.29 is 0 Å². The lowest BCUT2D eigenvalue weighted by molar-refractivity contribution is 1.04. The van der Waals surface area contributed by atoms with Gasteiger partial charge in [0.05, 0.1) is 0 Å². The molecular formula is C18H15NS. The molecule has 1 nitrogen and oxygen atoms in total. The van der Waals surface area contributed by atoms with Crippen molar-refractivity contribution in [2.24, 2.45) is 0 Å². The summed E-state index contributed by atoms with van der Waals surface area (Å²) in [6.45, 7) is 0. The van der Waals surface area contributed by atoms with E-state index >= 15 is 0 Å². The molecule has 0 spiro atoms. The molecule has 2 heteroatoms. The maximum Gasteiger partial charge on any atom is 0.0454 e. The van der Waals surface area contributed by atoms with E-state index in [1.807, 2.05) is 17.4 Å². The van der Waals surface area contributed by atoms with Crippen LogP contribution in [0.2, 0.25) is 0 Å². The molecule has 3 aromatic rings. The number of thiophene rings is 1. The lowest BCUT2D eigenvalue weighted by atomic mass is 9.96. The van der Waals surface area contributed by atoms with Gasteiger partial charge >= 0.3 is 0 Å². The molecule has 0 atom stereocenters. The molecule has 1 aromatic heterocycles. The van der Waals surface area contributed by atoms with Gasteiger partial charge in [0.2, 0.25) is 0 Å². The molecule has 4 rings (SSSR count). The Morgan fingerprint density at radius 3 is 2.70 bits per heavy atom. The Morgan fingerprint density at radius 1 is 0.950 bits per heavy atom. The fraction of sp³-hybridized carbons (Fsp3) is 0.111. The standard InChI is InChI=1S/C18H15NS/c19-15-11-10-14-13-8-4-5-9-16(13)20-18(14)17(15)12-6-2-1-3-7-12/h2,4-11H,1,3,19H2. The van der Waals surface area contributed by atoms with Gasteiger partial charge in [-0.1, -0.05) is 42.5 Å². The van der Waals surface area contributed by atoms with E-state index in [9.17, 15) is 0 Å². The van der Waals surface area contributed by atoms with Gasteiger partial charge in [0.25, 0.3) is 0 Å². The van der Waals surface area contributed by atoms with Crippen LogP contribution < -0.4 is 5.73 Å². The van der Waals surface area contributed by atoms with Crippen molar-refractivity contribution in [3.8, 4) is 0 Å². The Kier molecular flexibility index (Phi) is 2.64. The molecule has 0 unspecified atom stereocenters. The van der Waals surface area contributed by atoms with E-state index in [0.717, 1.165) is 18.5 Å². The highest BCUT2D eigenvalue weighted by Crippen LogP contribution is 2.41. The highest BCUT2D eigenvalue weighted by atomic mass is 32.1. The van der Waals surface area contributed by atoms with Crippen molar-refractivity contribution in [2.45, 2.75) is 12.8 Å². The molecule has 1 aliphatic carbocycles. The molecule has 1 heterocycles. The molecule has 0 aliphatic heterocycles. The summed E-state index contributed by atoms with van der Waals surface area (Å²) in [5.74, 6) is 0. The fourth-order valence-electron chi connectivity index (χ4n) is 2.90. The van der Waals surface area contributed by atoms with E-state index in [1.165, 1.54) is 31.3 Å². The van der Waals surface area contributed by atoms with Crippen molar-refractivity contribution in [3.05, 3.63) is 60.2 Å². The van der Waals surface area contributed by atoms with Crippen LogP contribution in [-0.2, 0) is 0 Å². The molecule has 0 radical (unpaired) electrons. The van der Waals surface area contributed by atoms with E-state index in [1.54, 1.807) is 0 Å². The van der Waals surface area contributed by atoms with Crippen LogP contribution in [0.5, 0.6) is 0 Å². The Morgan fingerprint density at radius 2 is 1.85 bits per heavy atom. The Labute approximate surface area is 122 Å². The van der Waals surface area contributed by atoms with Crippen molar-refractivity contribution in [1.29, 1.82) is 0 Å². The highest BCUT2D eigenvalue weighted by molar-refractivity contribution is 7.26. The van der Waals surface area contributed by atoms with E-state index in [0.29, 0.717) is 0 Å². The van der Waals surface area contributed by atoms with Crippen LogP contribution in [0.3, 0.4) is 0 Å². The monoisotopic (exact) mass is 277 g/mol. The number of hydrogen-bond donors (Lipinski definition) is 1. The first-order valence-corrected chi connectivity index (χ1v) is 7.73. The lowest BCUT2D eigenvalue weighted by Gasteiger charge is -2.11. The van der Waals surface area contributed by atoms with E-state index in [4.69, 9.17) is 5.73 Å². The Balaban J connectivity index is 2.11. The molecule has 2 N–H and O–H groups in total. The Hall–Kier alpha value is -2.06. The molecule has 0 amide bonds. The first kappa shape index (κ1) is 11.7. The Bertz CT molecular complexity index is 868. The van der Waals surface area contributed by atoms with Gasteiger partial charge in [-0.15, -0.1) is 11.3 Å². The number of hydrogen-bond acceptors (Lipinski definition) is 2. The van der Waals surface area contributed by atoms with E-state index in [2.05, 4.69) is 48.6 Å². The number of benzene rings is 2. The van der Waals surface area contributed by atoms with Crippen molar-refractivity contribution in [2.75, 3.05) is 5.73 Å². The predicted molar refractivity (Wildman–Crippen MR) is 90.1 cm³/mol. The second kappa shape index (κ2) is 4.50. The third-order valence-electron chi connectivity index (χ3n) is 3.86. The number of anilines is 1. The summed E-state index contributed by atoms with van der Waals surface area (Å²) in [5, 5.41) is 2.64. The van der Waals surface area contributed by atoms with E-state index in [-0.39, 0.29) is 0 Å². The smallest absolute Gasteiger partial charge is 0.0454 e. The SMILES string of the molecule is Nc1ccc2c(sc3ccccc32)c1C1=CCCC=C1. The lowest BCUT2D eigenvalue weighted by Crippen LogP contribution is -1.94. The number of nitrogen functional groups attached to an aromatic ring is 1. The molecule has 98 valence electrons. The highest BCUT2D eigenvalue weighted by Gasteiger charge is 2.14. The normalized spacial score (nSPS) is 14.9. The maximum absolute atomic E-state index is 6.27. The summed E-state index contributed by atoms with van der Waals surface area (Å²) in [6.07, 6.45) is 8.98. The minimum atomic E-state index is 0.877. The van der Waals surface area contributed by atoms with Crippen LogP contribution in [0.4, 0.5) is 5.69 Å². The summed E-state index contributed by atoms with van der Waals surface area (Å²) in [4.78, 5) is 0. The van der Waals surface area contributed by atoms with Crippen LogP contribution in [-0.4, -0.2) is 0 Å².